The molecule has 126 valence electrons. The Morgan fingerprint density at radius 3 is 2.33 bits per heavy atom. The predicted octanol–water partition coefficient (Wildman–Crippen LogP) is 3.95. The molecule has 0 aliphatic heterocycles. The quantitative estimate of drug-likeness (QED) is 0.749. The van der Waals surface area contributed by atoms with E-state index in [9.17, 15) is 14.0 Å². The van der Waals surface area contributed by atoms with Gasteiger partial charge in [0.2, 0.25) is 0 Å². The van der Waals surface area contributed by atoms with E-state index < -0.39 is 24.3 Å². The molecule has 0 saturated heterocycles. The first kappa shape index (κ1) is 18.2. The molecule has 0 aliphatic rings. The van der Waals surface area contributed by atoms with Crippen LogP contribution in [0.1, 0.15) is 15.9 Å². The summed E-state index contributed by atoms with van der Waals surface area (Å²) >= 11 is 11.8. The molecule has 24 heavy (non-hydrogen) atoms. The Morgan fingerprint density at radius 1 is 1.08 bits per heavy atom. The molecule has 0 atom stereocenters. The average molecular weight is 370 g/mol. The minimum absolute atomic E-state index is 0.00499. The number of esters is 1. The molecule has 0 aliphatic carbocycles. The Kier molecular flexibility index (Phi) is 6.17. The number of halogens is 3. The van der Waals surface area contributed by atoms with Crippen molar-refractivity contribution in [2.75, 3.05) is 13.7 Å². The highest BCUT2D eigenvalue weighted by atomic mass is 35.5. The number of hydrogen-bond donors (Lipinski definition) is 0. The van der Waals surface area contributed by atoms with Gasteiger partial charge in [0.05, 0.1) is 15.6 Å². The average Bonchev–Trinajstić information content (AvgIpc) is 2.54. The van der Waals surface area contributed by atoms with Crippen LogP contribution in [-0.4, -0.2) is 30.4 Å². The van der Waals surface area contributed by atoms with Gasteiger partial charge in [0, 0.05) is 19.2 Å². The third kappa shape index (κ3) is 4.46. The number of nitrogens with zero attached hydrogens (tertiary/aromatic N) is 1. The lowest BCUT2D eigenvalue weighted by atomic mass is 10.2. The number of rotatable bonds is 5. The van der Waals surface area contributed by atoms with Gasteiger partial charge in [0.15, 0.2) is 6.61 Å². The fraction of sp³-hybridized carbons (Fsp3) is 0.176. The molecule has 0 saturated carbocycles. The van der Waals surface area contributed by atoms with E-state index in [-0.39, 0.29) is 22.2 Å². The highest BCUT2D eigenvalue weighted by Gasteiger charge is 2.19. The van der Waals surface area contributed by atoms with Crippen molar-refractivity contribution in [3.8, 4) is 0 Å². The maximum atomic E-state index is 13.6. The molecule has 1 amide bonds. The van der Waals surface area contributed by atoms with Crippen molar-refractivity contribution in [1.29, 1.82) is 0 Å². The molecule has 0 aromatic heterocycles. The molecule has 4 nitrogen and oxygen atoms in total. The van der Waals surface area contributed by atoms with E-state index in [1.807, 2.05) is 0 Å². The summed E-state index contributed by atoms with van der Waals surface area (Å²) in [7, 11) is 1.49. The number of likely N-dealkylation sites (N-methyl/N-ethyl adjacent to an activating group) is 1. The second-order valence-corrected chi connectivity index (χ2v) is 5.83. The zero-order chi connectivity index (χ0) is 17.7. The van der Waals surface area contributed by atoms with Gasteiger partial charge in [0.25, 0.3) is 5.91 Å². The minimum atomic E-state index is -0.793. The van der Waals surface area contributed by atoms with Crippen LogP contribution in [0.25, 0.3) is 0 Å². The Labute approximate surface area is 148 Å². The van der Waals surface area contributed by atoms with Crippen LogP contribution in [0.4, 0.5) is 4.39 Å². The normalized spacial score (nSPS) is 10.3. The van der Waals surface area contributed by atoms with Gasteiger partial charge in [-0.1, -0.05) is 47.5 Å². The van der Waals surface area contributed by atoms with E-state index >= 15 is 0 Å². The molecule has 0 fully saturated rings. The fourth-order valence-corrected chi connectivity index (χ4v) is 2.52. The van der Waals surface area contributed by atoms with E-state index in [1.54, 1.807) is 24.3 Å². The number of carbonyl (C=O) groups excluding carboxylic acids is 2. The van der Waals surface area contributed by atoms with Crippen molar-refractivity contribution in [2.45, 2.75) is 6.54 Å². The molecule has 0 N–H and O–H groups in total. The number of hydrogen-bond acceptors (Lipinski definition) is 3. The smallest absolute Gasteiger partial charge is 0.341 e. The van der Waals surface area contributed by atoms with Crippen LogP contribution in [0.5, 0.6) is 0 Å². The monoisotopic (exact) mass is 369 g/mol. The SMILES string of the molecule is CN(Cc1ccccc1F)C(=O)COC(=O)c1c(Cl)cccc1Cl. The summed E-state index contributed by atoms with van der Waals surface area (Å²) < 4.78 is 18.5. The lowest BCUT2D eigenvalue weighted by molar-refractivity contribution is -0.133. The van der Waals surface area contributed by atoms with Crippen molar-refractivity contribution in [1.82, 2.24) is 4.90 Å². The Balaban J connectivity index is 1.95. The topological polar surface area (TPSA) is 46.6 Å². The van der Waals surface area contributed by atoms with E-state index in [2.05, 4.69) is 0 Å². The lowest BCUT2D eigenvalue weighted by Gasteiger charge is -2.17. The van der Waals surface area contributed by atoms with E-state index in [4.69, 9.17) is 27.9 Å². The van der Waals surface area contributed by atoms with E-state index in [1.165, 1.54) is 30.1 Å². The fourth-order valence-electron chi connectivity index (χ4n) is 1.97. The Bertz CT molecular complexity index is 747. The highest BCUT2D eigenvalue weighted by Crippen LogP contribution is 2.24. The third-order valence-electron chi connectivity index (χ3n) is 3.28. The van der Waals surface area contributed by atoms with E-state index in [0.29, 0.717) is 5.56 Å². The van der Waals surface area contributed by atoms with Crippen molar-refractivity contribution in [3.63, 3.8) is 0 Å². The van der Waals surface area contributed by atoms with Crippen LogP contribution in [-0.2, 0) is 16.1 Å². The van der Waals surface area contributed by atoms with Gasteiger partial charge in [-0.05, 0) is 18.2 Å². The molecule has 0 bridgehead atoms. The molecular weight excluding hydrogens is 356 g/mol. The zero-order valence-corrected chi connectivity index (χ0v) is 14.3. The highest BCUT2D eigenvalue weighted by molar-refractivity contribution is 6.39. The van der Waals surface area contributed by atoms with Crippen molar-refractivity contribution >= 4 is 35.1 Å². The largest absolute Gasteiger partial charge is 0.452 e. The summed E-state index contributed by atoms with van der Waals surface area (Å²) in [5, 5.41) is 0.277. The third-order valence-corrected chi connectivity index (χ3v) is 3.91. The summed E-state index contributed by atoms with van der Waals surface area (Å²) in [4.78, 5) is 25.3. The van der Waals surface area contributed by atoms with Gasteiger partial charge >= 0.3 is 5.97 Å². The molecule has 0 heterocycles. The molecule has 2 rings (SSSR count). The summed E-state index contributed by atoms with van der Waals surface area (Å²) in [6.45, 7) is -0.429. The predicted molar refractivity (Wildman–Crippen MR) is 89.6 cm³/mol. The molecule has 7 heteroatoms. The van der Waals surface area contributed by atoms with Gasteiger partial charge < -0.3 is 9.64 Å². The summed E-state index contributed by atoms with van der Waals surface area (Å²) in [6.07, 6.45) is 0. The minimum Gasteiger partial charge on any atom is -0.452 e. The van der Waals surface area contributed by atoms with Crippen LogP contribution in [0.15, 0.2) is 42.5 Å². The summed E-state index contributed by atoms with van der Waals surface area (Å²) in [5.41, 5.74) is 0.374. The van der Waals surface area contributed by atoms with Gasteiger partial charge in [-0.3, -0.25) is 4.79 Å². The number of carbonyl (C=O) groups is 2. The maximum Gasteiger partial charge on any atom is 0.341 e. The van der Waals surface area contributed by atoms with Crippen LogP contribution in [0.2, 0.25) is 10.0 Å². The van der Waals surface area contributed by atoms with Gasteiger partial charge in [-0.15, -0.1) is 0 Å². The first-order valence-electron chi connectivity index (χ1n) is 6.98. The van der Waals surface area contributed by atoms with Gasteiger partial charge in [0.1, 0.15) is 5.82 Å². The molecular formula is C17H14Cl2FNO3. The second kappa shape index (κ2) is 8.13. The molecule has 2 aromatic carbocycles. The summed E-state index contributed by atoms with van der Waals surface area (Å²) in [6, 6.07) is 10.7. The Hall–Kier alpha value is -2.11. The lowest BCUT2D eigenvalue weighted by Crippen LogP contribution is -2.31. The van der Waals surface area contributed by atoms with Crippen LogP contribution >= 0.6 is 23.2 Å². The van der Waals surface area contributed by atoms with E-state index in [0.717, 1.165) is 0 Å². The number of amides is 1. The van der Waals surface area contributed by atoms with Gasteiger partial charge in [-0.25, -0.2) is 9.18 Å². The van der Waals surface area contributed by atoms with Crippen LogP contribution in [0.3, 0.4) is 0 Å². The van der Waals surface area contributed by atoms with Crippen molar-refractivity contribution in [3.05, 3.63) is 69.5 Å². The van der Waals surface area contributed by atoms with Crippen molar-refractivity contribution in [2.24, 2.45) is 0 Å². The molecule has 0 radical (unpaired) electrons. The number of ether oxygens (including phenoxy) is 1. The second-order valence-electron chi connectivity index (χ2n) is 5.01. The summed E-state index contributed by atoms with van der Waals surface area (Å²) in [5.74, 6) is -1.68. The molecule has 2 aromatic rings. The first-order chi connectivity index (χ1) is 11.4. The number of benzene rings is 2. The van der Waals surface area contributed by atoms with Crippen LogP contribution < -0.4 is 0 Å². The standard InChI is InChI=1S/C17H14Cl2FNO3/c1-21(9-11-5-2-3-8-14(11)20)15(22)10-24-17(23)16-12(18)6-4-7-13(16)19/h2-8H,9-10H2,1H3. The molecule has 0 spiro atoms. The first-order valence-corrected chi connectivity index (χ1v) is 7.74. The van der Waals surface area contributed by atoms with Gasteiger partial charge in [-0.2, -0.15) is 0 Å². The Morgan fingerprint density at radius 2 is 1.71 bits per heavy atom. The maximum absolute atomic E-state index is 13.6. The zero-order valence-electron chi connectivity index (χ0n) is 12.8. The van der Waals surface area contributed by atoms with Crippen LogP contribution in [0, 0.1) is 5.82 Å². The molecule has 0 unspecified atom stereocenters. The van der Waals surface area contributed by atoms with Crippen molar-refractivity contribution < 1.29 is 18.7 Å².